The summed E-state index contributed by atoms with van der Waals surface area (Å²) in [5, 5.41) is -0.620. The number of pyridine rings is 1. The summed E-state index contributed by atoms with van der Waals surface area (Å²) in [7, 11) is -4.00. The molecule has 4 nitrogen and oxygen atoms in total. The van der Waals surface area contributed by atoms with Crippen molar-refractivity contribution in [2.45, 2.75) is 11.1 Å². The van der Waals surface area contributed by atoms with Gasteiger partial charge in [-0.15, -0.1) is 0 Å². The SMILES string of the molecule is O=S(=O)(c1ccccc1)n1cc(I)c2c(Cl)c(C(F)(F)F)cnc21. The Morgan fingerprint density at radius 3 is 2.38 bits per heavy atom. The third-order valence-corrected chi connectivity index (χ3v) is 6.15. The molecular formula is C14H7ClF3IN2O2S. The summed E-state index contributed by atoms with van der Waals surface area (Å²) in [6, 6.07) is 7.53. The van der Waals surface area contributed by atoms with Crippen LogP contribution < -0.4 is 0 Å². The molecule has 3 rings (SSSR count). The van der Waals surface area contributed by atoms with Crippen LogP contribution in [-0.2, 0) is 16.2 Å². The number of nitrogens with zero attached hydrogens (tertiary/aromatic N) is 2. The van der Waals surface area contributed by atoms with Crippen LogP contribution in [0.5, 0.6) is 0 Å². The maximum absolute atomic E-state index is 13.0. The first-order chi connectivity index (χ1) is 11.1. The second-order valence-corrected chi connectivity index (χ2v) is 8.13. The third-order valence-electron chi connectivity index (χ3n) is 3.28. The van der Waals surface area contributed by atoms with E-state index in [2.05, 4.69) is 4.98 Å². The standard InChI is InChI=1S/C14H7ClF3IN2O2S/c15-12-9(14(16,17)18)6-20-13-11(12)10(19)7-21(13)24(22,23)8-4-2-1-3-5-8/h1-7H. The lowest BCUT2D eigenvalue weighted by molar-refractivity contribution is -0.137. The van der Waals surface area contributed by atoms with Gasteiger partial charge >= 0.3 is 6.18 Å². The number of alkyl halides is 3. The molecule has 0 aliphatic heterocycles. The molecule has 2 heterocycles. The van der Waals surface area contributed by atoms with Crippen molar-refractivity contribution in [3.05, 3.63) is 56.9 Å². The van der Waals surface area contributed by atoms with Gasteiger partial charge in [0.1, 0.15) is 0 Å². The first kappa shape index (κ1) is 17.5. The fraction of sp³-hybridized carbons (Fsp3) is 0.0714. The van der Waals surface area contributed by atoms with Gasteiger partial charge in [-0.1, -0.05) is 29.8 Å². The molecule has 0 amide bonds. The zero-order chi connectivity index (χ0) is 17.7. The number of halogens is 5. The lowest BCUT2D eigenvalue weighted by atomic mass is 10.2. The highest BCUT2D eigenvalue weighted by atomic mass is 127. The Hall–Kier alpha value is -1.33. The summed E-state index contributed by atoms with van der Waals surface area (Å²) in [6.07, 6.45) is -2.94. The van der Waals surface area contributed by atoms with Gasteiger partial charge < -0.3 is 0 Å². The van der Waals surface area contributed by atoms with E-state index in [-0.39, 0.29) is 19.5 Å². The van der Waals surface area contributed by atoms with Gasteiger partial charge in [0.05, 0.1) is 20.9 Å². The minimum absolute atomic E-state index is 0.00359. The van der Waals surface area contributed by atoms with E-state index in [9.17, 15) is 21.6 Å². The smallest absolute Gasteiger partial charge is 0.237 e. The number of rotatable bonds is 2. The Balaban J connectivity index is 2.32. The second kappa shape index (κ2) is 5.88. The average Bonchev–Trinajstić information content (AvgIpc) is 2.86. The largest absolute Gasteiger partial charge is 0.419 e. The molecule has 0 fully saturated rings. The highest BCUT2D eigenvalue weighted by molar-refractivity contribution is 14.1. The van der Waals surface area contributed by atoms with Crippen LogP contribution in [0.3, 0.4) is 0 Å². The topological polar surface area (TPSA) is 52.0 Å². The molecule has 0 spiro atoms. The molecule has 0 aliphatic rings. The molecule has 24 heavy (non-hydrogen) atoms. The van der Waals surface area contributed by atoms with Crippen molar-refractivity contribution in [1.82, 2.24) is 8.96 Å². The molecule has 0 aliphatic carbocycles. The molecule has 1 aromatic carbocycles. The molecule has 0 saturated heterocycles. The minimum Gasteiger partial charge on any atom is -0.237 e. The van der Waals surface area contributed by atoms with Crippen LogP contribution in [0.25, 0.3) is 11.0 Å². The fourth-order valence-electron chi connectivity index (χ4n) is 2.17. The van der Waals surface area contributed by atoms with Gasteiger partial charge in [-0.25, -0.2) is 17.4 Å². The van der Waals surface area contributed by atoms with Crippen molar-refractivity contribution in [1.29, 1.82) is 0 Å². The third kappa shape index (κ3) is 2.78. The summed E-state index contributed by atoms with van der Waals surface area (Å²) < 4.78 is 65.4. The van der Waals surface area contributed by atoms with E-state index in [1.165, 1.54) is 18.3 Å². The van der Waals surface area contributed by atoms with Crippen molar-refractivity contribution < 1.29 is 21.6 Å². The van der Waals surface area contributed by atoms with E-state index in [0.717, 1.165) is 3.97 Å². The molecule has 2 aromatic heterocycles. The predicted molar refractivity (Wildman–Crippen MR) is 91.5 cm³/mol. The lowest BCUT2D eigenvalue weighted by Gasteiger charge is -2.10. The van der Waals surface area contributed by atoms with Crippen molar-refractivity contribution in [3.8, 4) is 0 Å². The van der Waals surface area contributed by atoms with Gasteiger partial charge in [0.25, 0.3) is 10.0 Å². The van der Waals surface area contributed by atoms with Crippen LogP contribution in [0.15, 0.2) is 47.6 Å². The molecule has 0 atom stereocenters. The van der Waals surface area contributed by atoms with Crippen LogP contribution in [-0.4, -0.2) is 17.4 Å². The predicted octanol–water partition coefficient (Wildman–Crippen LogP) is 4.55. The average molecular weight is 487 g/mol. The van der Waals surface area contributed by atoms with Crippen LogP contribution in [0.4, 0.5) is 13.2 Å². The summed E-state index contributed by atoms with van der Waals surface area (Å²) >= 11 is 7.60. The lowest BCUT2D eigenvalue weighted by Crippen LogP contribution is -2.13. The number of fused-ring (bicyclic) bond motifs is 1. The van der Waals surface area contributed by atoms with E-state index in [4.69, 9.17) is 11.6 Å². The zero-order valence-electron chi connectivity index (χ0n) is 11.6. The van der Waals surface area contributed by atoms with E-state index in [0.29, 0.717) is 6.20 Å². The molecule has 0 radical (unpaired) electrons. The Bertz CT molecular complexity index is 1030. The first-order valence-electron chi connectivity index (χ1n) is 6.37. The number of benzene rings is 1. The van der Waals surface area contributed by atoms with Gasteiger partial charge in [0, 0.05) is 16.0 Å². The van der Waals surface area contributed by atoms with Gasteiger partial charge in [-0.05, 0) is 34.7 Å². The molecule has 10 heteroatoms. The molecule has 0 N–H and O–H groups in total. The summed E-state index contributed by atoms with van der Waals surface area (Å²) in [4.78, 5) is 3.69. The second-order valence-electron chi connectivity index (χ2n) is 4.77. The molecular weight excluding hydrogens is 480 g/mol. The van der Waals surface area contributed by atoms with Crippen LogP contribution >= 0.6 is 34.2 Å². The van der Waals surface area contributed by atoms with Crippen LogP contribution in [0, 0.1) is 3.57 Å². The Morgan fingerprint density at radius 2 is 1.79 bits per heavy atom. The highest BCUT2D eigenvalue weighted by Crippen LogP contribution is 2.40. The zero-order valence-corrected chi connectivity index (χ0v) is 15.3. The number of hydrogen-bond donors (Lipinski definition) is 0. The van der Waals surface area contributed by atoms with Gasteiger partial charge in [0.2, 0.25) is 0 Å². The maximum Gasteiger partial charge on any atom is 0.419 e. The monoisotopic (exact) mass is 486 g/mol. The molecule has 0 unspecified atom stereocenters. The van der Waals surface area contributed by atoms with Gasteiger partial charge in [-0.2, -0.15) is 13.2 Å². The minimum atomic E-state index is -4.68. The van der Waals surface area contributed by atoms with E-state index in [1.54, 1.807) is 40.8 Å². The van der Waals surface area contributed by atoms with Crippen molar-refractivity contribution in [2.24, 2.45) is 0 Å². The van der Waals surface area contributed by atoms with E-state index >= 15 is 0 Å². The summed E-state index contributed by atoms with van der Waals surface area (Å²) in [5.41, 5.74) is -1.26. The number of aromatic nitrogens is 2. The Morgan fingerprint density at radius 1 is 1.17 bits per heavy atom. The van der Waals surface area contributed by atoms with Crippen LogP contribution in [0.1, 0.15) is 5.56 Å². The van der Waals surface area contributed by atoms with Gasteiger partial charge in [-0.3, -0.25) is 0 Å². The quantitative estimate of drug-likeness (QED) is 0.500. The number of hydrogen-bond acceptors (Lipinski definition) is 3. The van der Waals surface area contributed by atoms with Crippen molar-refractivity contribution in [2.75, 3.05) is 0 Å². The van der Waals surface area contributed by atoms with E-state index < -0.39 is 26.8 Å². The van der Waals surface area contributed by atoms with Crippen molar-refractivity contribution in [3.63, 3.8) is 0 Å². The van der Waals surface area contributed by atoms with E-state index in [1.807, 2.05) is 0 Å². The molecule has 126 valence electrons. The normalized spacial score (nSPS) is 12.7. The first-order valence-corrected chi connectivity index (χ1v) is 9.26. The Labute approximate surface area is 153 Å². The Kier molecular flexibility index (Phi) is 4.29. The fourth-order valence-corrected chi connectivity index (χ4v) is 4.99. The summed E-state index contributed by atoms with van der Waals surface area (Å²) in [5.74, 6) is 0. The molecule has 3 aromatic rings. The summed E-state index contributed by atoms with van der Waals surface area (Å²) in [6.45, 7) is 0. The van der Waals surface area contributed by atoms with Gasteiger partial charge in [0.15, 0.2) is 5.65 Å². The van der Waals surface area contributed by atoms with Crippen molar-refractivity contribution >= 4 is 55.2 Å². The molecule has 0 saturated carbocycles. The molecule has 0 bridgehead atoms. The maximum atomic E-state index is 13.0. The highest BCUT2D eigenvalue weighted by Gasteiger charge is 2.36. The van der Waals surface area contributed by atoms with Crippen LogP contribution in [0.2, 0.25) is 5.02 Å².